The van der Waals surface area contributed by atoms with E-state index in [0.29, 0.717) is 5.56 Å². The number of amides is 2. The van der Waals surface area contributed by atoms with Gasteiger partial charge in [-0.05, 0) is 5.56 Å². The fraction of sp³-hybridized carbons (Fsp3) is 0.545. The summed E-state index contributed by atoms with van der Waals surface area (Å²) in [6, 6.07) is 5.78. The van der Waals surface area contributed by atoms with Crippen LogP contribution >= 0.6 is 0 Å². The summed E-state index contributed by atoms with van der Waals surface area (Å²) in [7, 11) is 0. The molecule has 30 heavy (non-hydrogen) atoms. The second kappa shape index (κ2) is 16.0. The minimum Gasteiger partial charge on any atom is -0.480 e. The van der Waals surface area contributed by atoms with Crippen molar-refractivity contribution in [2.75, 3.05) is 6.54 Å². The lowest BCUT2D eigenvalue weighted by molar-refractivity contribution is -0.138. The maximum absolute atomic E-state index is 11.9. The second-order valence-corrected chi connectivity index (χ2v) is 6.80. The number of nitrogens with two attached hydrogens (primary N) is 1. The lowest BCUT2D eigenvalue weighted by Gasteiger charge is -2.17. The SMILES string of the molecule is C1CCCCC1.CC.CC(=O)NC(Cc1ccc(C(=N)N)cc1)C(=O)NCC(=O)O. The van der Waals surface area contributed by atoms with Crippen LogP contribution in [0.2, 0.25) is 0 Å². The standard InChI is InChI=1S/C14H18N4O4.C6H12.C2H6/c1-8(19)18-11(14(22)17-7-12(20)21)6-9-2-4-10(5-3-9)13(15)16;1-2-4-6-5-3-1;1-2/h2-5,11H,6-7H2,1H3,(H3,15,16)(H,17,22)(H,18,19)(H,20,21);1-6H2;1-2H3. The van der Waals surface area contributed by atoms with Gasteiger partial charge in [0.2, 0.25) is 11.8 Å². The van der Waals surface area contributed by atoms with E-state index in [9.17, 15) is 14.4 Å². The molecule has 0 aromatic heterocycles. The summed E-state index contributed by atoms with van der Waals surface area (Å²) in [5.74, 6) is -2.20. The van der Waals surface area contributed by atoms with E-state index in [1.54, 1.807) is 24.3 Å². The molecule has 6 N–H and O–H groups in total. The second-order valence-electron chi connectivity index (χ2n) is 6.80. The molecule has 0 spiro atoms. The van der Waals surface area contributed by atoms with E-state index in [0.717, 1.165) is 5.56 Å². The summed E-state index contributed by atoms with van der Waals surface area (Å²) < 4.78 is 0. The van der Waals surface area contributed by atoms with Gasteiger partial charge in [0.25, 0.3) is 0 Å². The highest BCUT2D eigenvalue weighted by Gasteiger charge is 2.20. The Balaban J connectivity index is 0.000000880. The van der Waals surface area contributed by atoms with E-state index >= 15 is 0 Å². The Morgan fingerprint density at radius 2 is 1.50 bits per heavy atom. The molecule has 8 heteroatoms. The largest absolute Gasteiger partial charge is 0.480 e. The third-order valence-corrected chi connectivity index (χ3v) is 4.31. The van der Waals surface area contributed by atoms with Gasteiger partial charge in [0.05, 0.1) is 0 Å². The zero-order valence-corrected chi connectivity index (χ0v) is 18.3. The van der Waals surface area contributed by atoms with Gasteiger partial charge in [0.15, 0.2) is 0 Å². The van der Waals surface area contributed by atoms with Crippen molar-refractivity contribution in [3.63, 3.8) is 0 Å². The average molecular weight is 421 g/mol. The number of aliphatic carboxylic acids is 1. The van der Waals surface area contributed by atoms with Crippen LogP contribution in [-0.4, -0.2) is 41.3 Å². The maximum Gasteiger partial charge on any atom is 0.322 e. The van der Waals surface area contributed by atoms with Crippen LogP contribution in [-0.2, 0) is 20.8 Å². The highest BCUT2D eigenvalue weighted by Crippen LogP contribution is 2.15. The van der Waals surface area contributed by atoms with Gasteiger partial charge in [0, 0.05) is 18.9 Å². The lowest BCUT2D eigenvalue weighted by atomic mass is 10.0. The minimum atomic E-state index is -1.17. The normalized spacial score (nSPS) is 13.3. The Morgan fingerprint density at radius 1 is 1.03 bits per heavy atom. The first kappa shape index (κ1) is 27.1. The predicted octanol–water partition coefficient (Wildman–Crippen LogP) is 2.59. The van der Waals surface area contributed by atoms with Crippen molar-refractivity contribution >= 4 is 23.6 Å². The summed E-state index contributed by atoms with van der Waals surface area (Å²) >= 11 is 0. The quantitative estimate of drug-likeness (QED) is 0.340. The number of amidine groups is 1. The molecule has 2 rings (SSSR count). The lowest BCUT2D eigenvalue weighted by Crippen LogP contribution is -2.48. The molecule has 1 aliphatic rings. The van der Waals surface area contributed by atoms with E-state index in [1.807, 2.05) is 13.8 Å². The van der Waals surface area contributed by atoms with Crippen molar-refractivity contribution in [1.29, 1.82) is 5.41 Å². The highest BCUT2D eigenvalue weighted by molar-refractivity contribution is 5.95. The van der Waals surface area contributed by atoms with Gasteiger partial charge < -0.3 is 21.5 Å². The van der Waals surface area contributed by atoms with Crippen LogP contribution in [0.3, 0.4) is 0 Å². The average Bonchev–Trinajstić information content (AvgIpc) is 2.74. The number of carbonyl (C=O) groups is 3. The summed E-state index contributed by atoms with van der Waals surface area (Å²) in [6.07, 6.45) is 9.20. The van der Waals surface area contributed by atoms with Crippen molar-refractivity contribution in [1.82, 2.24) is 10.6 Å². The molecule has 1 saturated carbocycles. The van der Waals surface area contributed by atoms with E-state index in [-0.39, 0.29) is 12.3 Å². The number of nitrogens with one attached hydrogen (secondary N) is 3. The molecule has 0 radical (unpaired) electrons. The summed E-state index contributed by atoms with van der Waals surface area (Å²) in [4.78, 5) is 33.6. The van der Waals surface area contributed by atoms with Gasteiger partial charge in [-0.1, -0.05) is 76.6 Å². The smallest absolute Gasteiger partial charge is 0.322 e. The Bertz CT molecular complexity index is 659. The molecule has 1 unspecified atom stereocenters. The van der Waals surface area contributed by atoms with Gasteiger partial charge >= 0.3 is 5.97 Å². The summed E-state index contributed by atoms with van der Waals surface area (Å²) in [5, 5.41) is 20.6. The van der Waals surface area contributed by atoms with Crippen molar-refractivity contribution < 1.29 is 19.5 Å². The number of nitrogen functional groups attached to an aromatic ring is 1. The number of hydrogen-bond donors (Lipinski definition) is 5. The van der Waals surface area contributed by atoms with Crippen LogP contribution < -0.4 is 16.4 Å². The van der Waals surface area contributed by atoms with E-state index in [4.69, 9.17) is 16.2 Å². The number of benzene rings is 1. The van der Waals surface area contributed by atoms with Gasteiger partial charge in [-0.25, -0.2) is 0 Å². The molecule has 0 aliphatic heterocycles. The van der Waals surface area contributed by atoms with Gasteiger partial charge in [-0.3, -0.25) is 19.8 Å². The van der Waals surface area contributed by atoms with Crippen molar-refractivity contribution in [3.8, 4) is 0 Å². The molecule has 1 aromatic rings. The molecule has 1 aliphatic carbocycles. The van der Waals surface area contributed by atoms with Crippen molar-refractivity contribution in [2.45, 2.75) is 71.8 Å². The Morgan fingerprint density at radius 3 is 1.87 bits per heavy atom. The van der Waals surface area contributed by atoms with Crippen LogP contribution in [0.4, 0.5) is 0 Å². The monoisotopic (exact) mass is 420 g/mol. The topological polar surface area (TPSA) is 145 Å². The molecule has 1 atom stereocenters. The number of rotatable bonds is 7. The number of carbonyl (C=O) groups excluding carboxylic acids is 2. The van der Waals surface area contributed by atoms with Crippen molar-refractivity contribution in [3.05, 3.63) is 35.4 Å². The molecule has 2 amide bonds. The molecule has 0 heterocycles. The van der Waals surface area contributed by atoms with Crippen LogP contribution in [0.5, 0.6) is 0 Å². The Labute approximate surface area is 179 Å². The predicted molar refractivity (Wildman–Crippen MR) is 118 cm³/mol. The molecular weight excluding hydrogens is 384 g/mol. The Kier molecular flexibility index (Phi) is 14.4. The first-order chi connectivity index (χ1) is 14.3. The third kappa shape index (κ3) is 12.5. The number of carboxylic acid groups (broad SMARTS) is 1. The molecular formula is C22H36N4O4. The molecule has 8 nitrogen and oxygen atoms in total. The van der Waals surface area contributed by atoms with Crippen LogP contribution in [0, 0.1) is 5.41 Å². The molecule has 1 aromatic carbocycles. The van der Waals surface area contributed by atoms with Gasteiger partial charge in [-0.2, -0.15) is 0 Å². The number of carboxylic acids is 1. The third-order valence-electron chi connectivity index (χ3n) is 4.31. The highest BCUT2D eigenvalue weighted by atomic mass is 16.4. The van der Waals surface area contributed by atoms with Crippen LogP contribution in [0.1, 0.15) is 70.4 Å². The van der Waals surface area contributed by atoms with E-state index < -0.39 is 30.4 Å². The molecule has 0 bridgehead atoms. The van der Waals surface area contributed by atoms with Gasteiger partial charge in [-0.15, -0.1) is 0 Å². The zero-order valence-electron chi connectivity index (χ0n) is 18.3. The number of hydrogen-bond acceptors (Lipinski definition) is 4. The summed E-state index contributed by atoms with van der Waals surface area (Å²) in [6.45, 7) is 4.76. The van der Waals surface area contributed by atoms with Crippen molar-refractivity contribution in [2.24, 2.45) is 5.73 Å². The Hall–Kier alpha value is -2.90. The zero-order chi connectivity index (χ0) is 22.9. The summed E-state index contributed by atoms with van der Waals surface area (Å²) in [5.41, 5.74) is 6.65. The van der Waals surface area contributed by atoms with E-state index in [2.05, 4.69) is 10.6 Å². The van der Waals surface area contributed by atoms with Crippen LogP contribution in [0.15, 0.2) is 24.3 Å². The van der Waals surface area contributed by atoms with Gasteiger partial charge in [0.1, 0.15) is 18.4 Å². The first-order valence-corrected chi connectivity index (χ1v) is 10.5. The minimum absolute atomic E-state index is 0.0656. The van der Waals surface area contributed by atoms with Crippen LogP contribution in [0.25, 0.3) is 0 Å². The fourth-order valence-electron chi connectivity index (χ4n) is 2.86. The fourth-order valence-corrected chi connectivity index (χ4v) is 2.86. The molecule has 0 saturated heterocycles. The molecule has 1 fully saturated rings. The van der Waals surface area contributed by atoms with E-state index in [1.165, 1.54) is 45.4 Å². The molecule has 168 valence electrons. The first-order valence-electron chi connectivity index (χ1n) is 10.5. The maximum atomic E-state index is 11.9.